The maximum Gasteiger partial charge on any atom is 0.329 e. The number of urea groups is 1. The van der Waals surface area contributed by atoms with Gasteiger partial charge < -0.3 is 20.6 Å². The van der Waals surface area contributed by atoms with Crippen molar-refractivity contribution in [3.8, 4) is 0 Å². The van der Waals surface area contributed by atoms with Gasteiger partial charge in [0.2, 0.25) is 0 Å². The first-order chi connectivity index (χ1) is 8.85. The van der Waals surface area contributed by atoms with E-state index in [1.165, 1.54) is 25.8 Å². The Hall–Kier alpha value is -1.34. The molecule has 2 amide bonds. The van der Waals surface area contributed by atoms with Crippen molar-refractivity contribution < 1.29 is 14.7 Å². The Bertz CT molecular complexity index is 327. The van der Waals surface area contributed by atoms with Crippen molar-refractivity contribution in [2.45, 2.75) is 19.4 Å². The number of piperazine rings is 1. The second-order valence-corrected chi connectivity index (χ2v) is 5.25. The quantitative estimate of drug-likeness (QED) is 0.622. The van der Waals surface area contributed by atoms with E-state index in [0.29, 0.717) is 6.54 Å². The van der Waals surface area contributed by atoms with Crippen molar-refractivity contribution >= 4 is 12.0 Å². The number of carbonyl (C=O) groups is 2. The Morgan fingerprint density at radius 1 is 1.37 bits per heavy atom. The third kappa shape index (κ3) is 4.36. The third-order valence-electron chi connectivity index (χ3n) is 3.58. The van der Waals surface area contributed by atoms with E-state index in [2.05, 4.69) is 15.5 Å². The van der Waals surface area contributed by atoms with Gasteiger partial charge in [-0.25, -0.2) is 9.59 Å². The molecule has 0 atom stereocenters. The molecule has 7 nitrogen and oxygen atoms in total. The lowest BCUT2D eigenvalue weighted by Crippen LogP contribution is -2.55. The van der Waals surface area contributed by atoms with Crippen LogP contribution in [0.3, 0.4) is 0 Å². The molecule has 110 valence electrons. The van der Waals surface area contributed by atoms with Gasteiger partial charge in [0.05, 0.1) is 0 Å². The first-order valence-corrected chi connectivity index (χ1v) is 6.54. The van der Waals surface area contributed by atoms with Crippen LogP contribution in [0.5, 0.6) is 0 Å². The van der Waals surface area contributed by atoms with Gasteiger partial charge in [0, 0.05) is 46.3 Å². The summed E-state index contributed by atoms with van der Waals surface area (Å²) in [7, 11) is 1.49. The van der Waals surface area contributed by atoms with Crippen LogP contribution in [0.15, 0.2) is 0 Å². The van der Waals surface area contributed by atoms with Gasteiger partial charge in [0.25, 0.3) is 0 Å². The van der Waals surface area contributed by atoms with Crippen LogP contribution in [0.4, 0.5) is 4.79 Å². The maximum atomic E-state index is 11.9. The molecule has 3 N–H and O–H groups in total. The topological polar surface area (TPSA) is 84.9 Å². The fourth-order valence-electron chi connectivity index (χ4n) is 1.77. The lowest BCUT2D eigenvalue weighted by Gasteiger charge is -2.32. The van der Waals surface area contributed by atoms with Crippen molar-refractivity contribution in [1.29, 1.82) is 0 Å². The summed E-state index contributed by atoms with van der Waals surface area (Å²) < 4.78 is 0. The molecule has 0 bridgehead atoms. The Morgan fingerprint density at radius 2 is 1.95 bits per heavy atom. The van der Waals surface area contributed by atoms with E-state index >= 15 is 0 Å². The van der Waals surface area contributed by atoms with E-state index in [-0.39, 0.29) is 6.03 Å². The molecule has 1 rings (SSSR count). The summed E-state index contributed by atoms with van der Waals surface area (Å²) in [5, 5.41) is 15.1. The summed E-state index contributed by atoms with van der Waals surface area (Å²) in [6.45, 7) is 8.22. The summed E-state index contributed by atoms with van der Waals surface area (Å²) in [4.78, 5) is 26.4. The van der Waals surface area contributed by atoms with E-state index in [0.717, 1.165) is 32.7 Å². The van der Waals surface area contributed by atoms with Crippen LogP contribution >= 0.6 is 0 Å². The monoisotopic (exact) mass is 272 g/mol. The van der Waals surface area contributed by atoms with Gasteiger partial charge in [-0.1, -0.05) is 0 Å². The third-order valence-corrected chi connectivity index (χ3v) is 3.58. The van der Waals surface area contributed by atoms with Crippen LogP contribution in [0.2, 0.25) is 0 Å². The molecule has 1 fully saturated rings. The summed E-state index contributed by atoms with van der Waals surface area (Å²) in [5.74, 6) is -1.02. The van der Waals surface area contributed by atoms with Crippen LogP contribution in [0.1, 0.15) is 13.8 Å². The number of nitrogens with zero attached hydrogens (tertiary/aromatic N) is 2. The average Bonchev–Trinajstić information content (AvgIpc) is 2.38. The van der Waals surface area contributed by atoms with Crippen molar-refractivity contribution in [3.63, 3.8) is 0 Å². The molecule has 0 spiro atoms. The summed E-state index contributed by atoms with van der Waals surface area (Å²) in [6, 6.07) is -0.359. The Balaban J connectivity index is 2.32. The molecule has 0 saturated carbocycles. The Morgan fingerprint density at radius 3 is 2.47 bits per heavy atom. The second kappa shape index (κ2) is 6.72. The lowest BCUT2D eigenvalue weighted by atomic mass is 10.1. The van der Waals surface area contributed by atoms with Crippen LogP contribution in [0, 0.1) is 0 Å². The zero-order valence-electron chi connectivity index (χ0n) is 11.9. The van der Waals surface area contributed by atoms with E-state index in [1.807, 2.05) is 0 Å². The number of nitrogens with one attached hydrogen (secondary N) is 2. The molecule has 1 aliphatic heterocycles. The smallest absolute Gasteiger partial charge is 0.329 e. The van der Waals surface area contributed by atoms with Crippen molar-refractivity contribution in [3.05, 3.63) is 0 Å². The molecular formula is C12H24N4O3. The molecule has 1 heterocycles. The molecule has 1 saturated heterocycles. The van der Waals surface area contributed by atoms with Crippen molar-refractivity contribution in [1.82, 2.24) is 20.4 Å². The minimum absolute atomic E-state index is 0.359. The van der Waals surface area contributed by atoms with E-state index in [9.17, 15) is 9.59 Å². The normalized spacial score (nSPS) is 17.0. The number of hydrogen-bond acceptors (Lipinski definition) is 4. The SMILES string of the molecule is CN(C(=O)NCCN1CCNCC1)C(C)(C)C(=O)O. The van der Waals surface area contributed by atoms with Crippen molar-refractivity contribution in [2.75, 3.05) is 46.3 Å². The van der Waals surface area contributed by atoms with E-state index in [1.54, 1.807) is 0 Å². The number of carboxylic acid groups (broad SMARTS) is 1. The molecule has 19 heavy (non-hydrogen) atoms. The minimum Gasteiger partial charge on any atom is -0.480 e. The van der Waals surface area contributed by atoms with Gasteiger partial charge in [0.15, 0.2) is 0 Å². The number of likely N-dealkylation sites (N-methyl/N-ethyl adjacent to an activating group) is 1. The second-order valence-electron chi connectivity index (χ2n) is 5.25. The highest BCUT2D eigenvalue weighted by molar-refractivity contribution is 5.85. The number of carbonyl (C=O) groups excluding carboxylic acids is 1. The zero-order valence-corrected chi connectivity index (χ0v) is 11.9. The largest absolute Gasteiger partial charge is 0.480 e. The minimum atomic E-state index is -1.21. The molecule has 7 heteroatoms. The molecule has 0 unspecified atom stereocenters. The molecule has 0 aliphatic carbocycles. The van der Waals surface area contributed by atoms with Gasteiger partial charge in [-0.2, -0.15) is 0 Å². The summed E-state index contributed by atoms with van der Waals surface area (Å²) >= 11 is 0. The number of rotatable bonds is 5. The van der Waals surface area contributed by atoms with Crippen LogP contribution in [-0.2, 0) is 4.79 Å². The van der Waals surface area contributed by atoms with Gasteiger partial charge in [-0.3, -0.25) is 4.90 Å². The fraction of sp³-hybridized carbons (Fsp3) is 0.833. The van der Waals surface area contributed by atoms with Crippen LogP contribution < -0.4 is 10.6 Å². The van der Waals surface area contributed by atoms with Gasteiger partial charge in [-0.05, 0) is 13.8 Å². The maximum absolute atomic E-state index is 11.9. The molecular weight excluding hydrogens is 248 g/mol. The summed E-state index contributed by atoms with van der Waals surface area (Å²) in [6.07, 6.45) is 0. The van der Waals surface area contributed by atoms with Crippen LogP contribution in [0.25, 0.3) is 0 Å². The predicted octanol–water partition coefficient (Wildman–Crippen LogP) is -0.604. The van der Waals surface area contributed by atoms with Gasteiger partial charge >= 0.3 is 12.0 Å². The highest BCUT2D eigenvalue weighted by Crippen LogP contribution is 2.12. The molecule has 0 aromatic heterocycles. The molecule has 0 aromatic rings. The fourth-order valence-corrected chi connectivity index (χ4v) is 1.77. The predicted molar refractivity (Wildman–Crippen MR) is 72.2 cm³/mol. The van der Waals surface area contributed by atoms with Crippen LogP contribution in [-0.4, -0.2) is 78.8 Å². The Kier molecular flexibility index (Phi) is 5.56. The highest BCUT2D eigenvalue weighted by Gasteiger charge is 2.35. The van der Waals surface area contributed by atoms with E-state index in [4.69, 9.17) is 5.11 Å². The zero-order chi connectivity index (χ0) is 14.5. The first kappa shape index (κ1) is 15.7. The number of carboxylic acids is 1. The van der Waals surface area contributed by atoms with Gasteiger partial charge in [0.1, 0.15) is 5.54 Å². The molecule has 0 aromatic carbocycles. The standard InChI is InChI=1S/C12H24N4O3/c1-12(2,10(17)18)15(3)11(19)14-6-9-16-7-4-13-5-8-16/h13H,4-9H2,1-3H3,(H,14,19)(H,17,18). The molecule has 1 aliphatic rings. The average molecular weight is 272 g/mol. The summed E-state index contributed by atoms with van der Waals surface area (Å²) in [5.41, 5.74) is -1.21. The number of aliphatic carboxylic acids is 1. The van der Waals surface area contributed by atoms with Gasteiger partial charge in [-0.15, -0.1) is 0 Å². The number of amides is 2. The van der Waals surface area contributed by atoms with Crippen molar-refractivity contribution in [2.24, 2.45) is 0 Å². The number of hydrogen-bond donors (Lipinski definition) is 3. The Labute approximate surface area is 113 Å². The first-order valence-electron chi connectivity index (χ1n) is 6.54. The highest BCUT2D eigenvalue weighted by atomic mass is 16.4. The lowest BCUT2D eigenvalue weighted by molar-refractivity contribution is -0.146. The molecule has 0 radical (unpaired) electrons. The van der Waals surface area contributed by atoms with E-state index < -0.39 is 11.5 Å².